The van der Waals surface area contributed by atoms with Gasteiger partial charge in [0.2, 0.25) is 0 Å². The van der Waals surface area contributed by atoms with Gasteiger partial charge in [0.05, 0.1) is 12.2 Å². The molecule has 0 saturated heterocycles. The highest BCUT2D eigenvalue weighted by atomic mass is 79.9. The normalized spacial score (nSPS) is 11.1. The van der Waals surface area contributed by atoms with Gasteiger partial charge in [-0.15, -0.1) is 10.2 Å². The Morgan fingerprint density at radius 3 is 2.84 bits per heavy atom. The van der Waals surface area contributed by atoms with Crippen molar-refractivity contribution in [3.05, 3.63) is 46.4 Å². The fourth-order valence-corrected chi connectivity index (χ4v) is 2.16. The summed E-state index contributed by atoms with van der Waals surface area (Å²) in [5.41, 5.74) is 7.05. The molecule has 1 aromatic carbocycles. The van der Waals surface area contributed by atoms with Gasteiger partial charge in [-0.25, -0.2) is 4.39 Å². The summed E-state index contributed by atoms with van der Waals surface area (Å²) in [5.74, 6) is 0.199. The summed E-state index contributed by atoms with van der Waals surface area (Å²) < 4.78 is 16.1. The minimum absolute atomic E-state index is 0.221. The molecule has 0 unspecified atom stereocenters. The number of aromatic nitrogens is 4. The average Bonchev–Trinajstić information content (AvgIpc) is 2.83. The van der Waals surface area contributed by atoms with Gasteiger partial charge in [-0.3, -0.25) is 0 Å². The van der Waals surface area contributed by atoms with Gasteiger partial charge in [-0.1, -0.05) is 15.9 Å². The van der Waals surface area contributed by atoms with Crippen LogP contribution in [0.15, 0.2) is 34.8 Å². The fraction of sp³-hybridized carbons (Fsp3) is 0.0833. The van der Waals surface area contributed by atoms with E-state index in [4.69, 9.17) is 5.73 Å². The molecule has 0 fully saturated rings. The smallest absolute Gasteiger partial charge is 0.177 e. The highest BCUT2D eigenvalue weighted by Gasteiger charge is 2.10. The molecule has 0 bridgehead atoms. The van der Waals surface area contributed by atoms with Crippen LogP contribution < -0.4 is 5.73 Å². The molecule has 0 atom stereocenters. The van der Waals surface area contributed by atoms with Gasteiger partial charge >= 0.3 is 0 Å². The molecule has 2 N–H and O–H groups in total. The summed E-state index contributed by atoms with van der Waals surface area (Å²) >= 11 is 3.32. The topological polar surface area (TPSA) is 69.1 Å². The second-order valence-electron chi connectivity index (χ2n) is 3.93. The Hall–Kier alpha value is -1.86. The van der Waals surface area contributed by atoms with E-state index in [1.54, 1.807) is 24.3 Å². The zero-order valence-corrected chi connectivity index (χ0v) is 11.3. The first-order valence-electron chi connectivity index (χ1n) is 5.56. The SMILES string of the molecule is NCc1nnc2ccc(-c3cc(Br)ccc3F)nn12. The molecule has 0 aliphatic heterocycles. The van der Waals surface area contributed by atoms with Crippen molar-refractivity contribution in [3.8, 4) is 11.3 Å². The third kappa shape index (κ3) is 2.11. The molecule has 96 valence electrons. The largest absolute Gasteiger partial charge is 0.324 e. The predicted octanol–water partition coefficient (Wildman–Crippen LogP) is 2.15. The molecule has 19 heavy (non-hydrogen) atoms. The van der Waals surface area contributed by atoms with E-state index >= 15 is 0 Å². The summed E-state index contributed by atoms with van der Waals surface area (Å²) in [4.78, 5) is 0. The second-order valence-corrected chi connectivity index (χ2v) is 4.85. The standard InChI is InChI=1S/C12H9BrFN5/c13-7-1-2-9(14)8(5-7)10-3-4-11-16-17-12(6-15)19(11)18-10/h1-5H,6,15H2. The Morgan fingerprint density at radius 2 is 2.05 bits per heavy atom. The van der Waals surface area contributed by atoms with Gasteiger partial charge in [0.1, 0.15) is 5.82 Å². The van der Waals surface area contributed by atoms with Crippen LogP contribution in [0, 0.1) is 5.82 Å². The van der Waals surface area contributed by atoms with E-state index in [2.05, 4.69) is 31.2 Å². The molecule has 5 nitrogen and oxygen atoms in total. The van der Waals surface area contributed by atoms with E-state index in [-0.39, 0.29) is 12.4 Å². The van der Waals surface area contributed by atoms with Gasteiger partial charge < -0.3 is 5.73 Å². The molecule has 0 saturated carbocycles. The lowest BCUT2D eigenvalue weighted by atomic mass is 10.1. The second kappa shape index (κ2) is 4.67. The number of hydrogen-bond donors (Lipinski definition) is 1. The summed E-state index contributed by atoms with van der Waals surface area (Å²) in [7, 11) is 0. The van der Waals surface area contributed by atoms with Crippen LogP contribution in [0.2, 0.25) is 0 Å². The minimum atomic E-state index is -0.336. The Bertz CT molecular complexity index is 755. The maximum absolute atomic E-state index is 13.8. The summed E-state index contributed by atoms with van der Waals surface area (Å²) in [6.45, 7) is 0.221. The Morgan fingerprint density at radius 1 is 1.21 bits per heavy atom. The van der Waals surface area contributed by atoms with E-state index in [0.29, 0.717) is 22.7 Å². The average molecular weight is 322 g/mol. The summed E-state index contributed by atoms with van der Waals surface area (Å²) in [6, 6.07) is 8.14. The number of benzene rings is 1. The van der Waals surface area contributed by atoms with Crippen molar-refractivity contribution in [1.29, 1.82) is 0 Å². The molecular weight excluding hydrogens is 313 g/mol. The van der Waals surface area contributed by atoms with Crippen molar-refractivity contribution < 1.29 is 4.39 Å². The number of nitrogens with zero attached hydrogens (tertiary/aromatic N) is 4. The van der Waals surface area contributed by atoms with Gasteiger partial charge in [-0.05, 0) is 30.3 Å². The maximum atomic E-state index is 13.8. The van der Waals surface area contributed by atoms with Crippen molar-refractivity contribution in [2.24, 2.45) is 5.73 Å². The Balaban J connectivity index is 2.22. The Kier molecular flexibility index (Phi) is 3.00. The number of rotatable bonds is 2. The number of fused-ring (bicyclic) bond motifs is 1. The van der Waals surface area contributed by atoms with Crippen LogP contribution in [0.4, 0.5) is 4.39 Å². The molecule has 0 amide bonds. The van der Waals surface area contributed by atoms with Gasteiger partial charge in [-0.2, -0.15) is 9.61 Å². The minimum Gasteiger partial charge on any atom is -0.324 e. The van der Waals surface area contributed by atoms with Crippen molar-refractivity contribution in [2.45, 2.75) is 6.54 Å². The first-order chi connectivity index (χ1) is 9.19. The van der Waals surface area contributed by atoms with Crippen LogP contribution in [0.1, 0.15) is 5.82 Å². The highest BCUT2D eigenvalue weighted by molar-refractivity contribution is 9.10. The van der Waals surface area contributed by atoms with Crippen molar-refractivity contribution in [1.82, 2.24) is 19.8 Å². The van der Waals surface area contributed by atoms with E-state index in [1.807, 2.05) is 0 Å². The molecule has 7 heteroatoms. The summed E-state index contributed by atoms with van der Waals surface area (Å²) in [5, 5.41) is 12.2. The lowest BCUT2D eigenvalue weighted by molar-refractivity contribution is 0.629. The third-order valence-electron chi connectivity index (χ3n) is 2.71. The van der Waals surface area contributed by atoms with Crippen LogP contribution in [-0.4, -0.2) is 19.8 Å². The first-order valence-corrected chi connectivity index (χ1v) is 6.35. The molecule has 3 aromatic rings. The van der Waals surface area contributed by atoms with Crippen LogP contribution in [0.3, 0.4) is 0 Å². The van der Waals surface area contributed by atoms with E-state index in [9.17, 15) is 4.39 Å². The van der Waals surface area contributed by atoms with E-state index < -0.39 is 0 Å². The quantitative estimate of drug-likeness (QED) is 0.785. The van der Waals surface area contributed by atoms with Gasteiger partial charge in [0, 0.05) is 10.0 Å². The molecule has 0 spiro atoms. The molecule has 0 radical (unpaired) electrons. The van der Waals surface area contributed by atoms with Crippen LogP contribution >= 0.6 is 15.9 Å². The van der Waals surface area contributed by atoms with Crippen LogP contribution in [-0.2, 0) is 6.54 Å². The molecule has 0 aliphatic rings. The van der Waals surface area contributed by atoms with Crippen LogP contribution in [0.5, 0.6) is 0 Å². The molecule has 2 aromatic heterocycles. The molecule has 3 rings (SSSR count). The van der Waals surface area contributed by atoms with E-state index in [1.165, 1.54) is 10.6 Å². The monoisotopic (exact) mass is 321 g/mol. The zero-order chi connectivity index (χ0) is 13.4. The molecule has 2 heterocycles. The number of halogens is 2. The fourth-order valence-electron chi connectivity index (χ4n) is 1.80. The lowest BCUT2D eigenvalue weighted by Gasteiger charge is -2.04. The van der Waals surface area contributed by atoms with E-state index in [0.717, 1.165) is 4.47 Å². The Labute approximate surface area is 116 Å². The number of hydrogen-bond acceptors (Lipinski definition) is 4. The van der Waals surface area contributed by atoms with Gasteiger partial charge in [0.25, 0.3) is 0 Å². The van der Waals surface area contributed by atoms with Crippen LogP contribution in [0.25, 0.3) is 16.9 Å². The lowest BCUT2D eigenvalue weighted by Crippen LogP contribution is -2.05. The van der Waals surface area contributed by atoms with Gasteiger partial charge in [0.15, 0.2) is 11.5 Å². The number of nitrogens with two attached hydrogens (primary N) is 1. The van der Waals surface area contributed by atoms with Crippen molar-refractivity contribution >= 4 is 21.6 Å². The van der Waals surface area contributed by atoms with Crippen molar-refractivity contribution in [2.75, 3.05) is 0 Å². The van der Waals surface area contributed by atoms with Crippen molar-refractivity contribution in [3.63, 3.8) is 0 Å². The first kappa shape index (κ1) is 12.2. The molecular formula is C12H9BrFN5. The summed E-state index contributed by atoms with van der Waals surface area (Å²) in [6.07, 6.45) is 0. The third-order valence-corrected chi connectivity index (χ3v) is 3.21. The zero-order valence-electron chi connectivity index (χ0n) is 9.72. The predicted molar refractivity (Wildman–Crippen MR) is 71.8 cm³/mol. The molecule has 0 aliphatic carbocycles. The highest BCUT2D eigenvalue weighted by Crippen LogP contribution is 2.24. The maximum Gasteiger partial charge on any atom is 0.177 e.